The van der Waals surface area contributed by atoms with Gasteiger partial charge in [-0.25, -0.2) is 10.8 Å². The fourth-order valence-corrected chi connectivity index (χ4v) is 1.64. The molecular formula is C14H23N5O2. The number of nitrogens with two attached hydrogens (primary N) is 1. The molecule has 7 heteroatoms. The van der Waals surface area contributed by atoms with Crippen molar-refractivity contribution < 1.29 is 9.59 Å². The Morgan fingerprint density at radius 3 is 2.33 bits per heavy atom. The van der Waals surface area contributed by atoms with Crippen molar-refractivity contribution in [2.24, 2.45) is 5.84 Å². The predicted molar refractivity (Wildman–Crippen MR) is 81.8 cm³/mol. The number of pyridine rings is 1. The van der Waals surface area contributed by atoms with Crippen LogP contribution in [0.4, 0.5) is 5.82 Å². The predicted octanol–water partition coefficient (Wildman–Crippen LogP) is 0.531. The molecule has 0 spiro atoms. The van der Waals surface area contributed by atoms with Gasteiger partial charge in [0.25, 0.3) is 5.91 Å². The number of aromatic nitrogens is 1. The highest BCUT2D eigenvalue weighted by atomic mass is 16.2. The molecule has 1 aromatic heterocycles. The number of nitrogens with zero attached hydrogens (tertiary/aromatic N) is 1. The molecule has 1 heterocycles. The van der Waals surface area contributed by atoms with E-state index in [-0.39, 0.29) is 17.2 Å². The minimum absolute atomic E-state index is 0.127. The first-order valence-electron chi connectivity index (χ1n) is 6.76. The Labute approximate surface area is 124 Å². The third-order valence-corrected chi connectivity index (χ3v) is 2.79. The molecule has 0 aliphatic rings. The van der Waals surface area contributed by atoms with E-state index in [0.717, 1.165) is 5.69 Å². The number of anilines is 1. The Kier molecular flexibility index (Phi) is 5.66. The van der Waals surface area contributed by atoms with Crippen molar-refractivity contribution in [3.8, 4) is 0 Å². The summed E-state index contributed by atoms with van der Waals surface area (Å²) in [6, 6.07) is 3.33. The molecule has 1 rings (SSSR count). The summed E-state index contributed by atoms with van der Waals surface area (Å²) in [5.74, 6) is 5.47. The molecule has 0 bridgehead atoms. The Balaban J connectivity index is 2.81. The van der Waals surface area contributed by atoms with E-state index in [0.29, 0.717) is 24.5 Å². The van der Waals surface area contributed by atoms with E-state index in [1.165, 1.54) is 6.92 Å². The second kappa shape index (κ2) is 7.03. The molecule has 0 saturated carbocycles. The summed E-state index contributed by atoms with van der Waals surface area (Å²) in [5, 5.41) is 5.35. The van der Waals surface area contributed by atoms with Crippen LogP contribution in [0, 0.1) is 0 Å². The van der Waals surface area contributed by atoms with Gasteiger partial charge in [0.2, 0.25) is 5.91 Å². The van der Waals surface area contributed by atoms with Gasteiger partial charge in [-0.05, 0) is 12.1 Å². The highest BCUT2D eigenvalue weighted by molar-refractivity contribution is 5.95. The van der Waals surface area contributed by atoms with Gasteiger partial charge >= 0.3 is 0 Å². The lowest BCUT2D eigenvalue weighted by Gasteiger charge is -2.19. The van der Waals surface area contributed by atoms with E-state index in [1.807, 2.05) is 20.8 Å². The van der Waals surface area contributed by atoms with Gasteiger partial charge < -0.3 is 16.1 Å². The highest BCUT2D eigenvalue weighted by Crippen LogP contribution is 2.23. The SMILES string of the molecule is CC(=O)NCCNC(=O)c1cc(NN)nc(C(C)(C)C)c1. The zero-order valence-electron chi connectivity index (χ0n) is 12.9. The average Bonchev–Trinajstić information content (AvgIpc) is 2.41. The third kappa shape index (κ3) is 5.39. The molecule has 0 fully saturated rings. The Morgan fingerprint density at radius 1 is 1.19 bits per heavy atom. The number of nitrogens with one attached hydrogen (secondary N) is 3. The number of hydrazine groups is 1. The summed E-state index contributed by atoms with van der Waals surface area (Å²) in [4.78, 5) is 27.2. The van der Waals surface area contributed by atoms with Crippen LogP contribution in [0.1, 0.15) is 43.7 Å². The largest absolute Gasteiger partial charge is 0.355 e. The fraction of sp³-hybridized carbons (Fsp3) is 0.500. The van der Waals surface area contributed by atoms with E-state index in [2.05, 4.69) is 21.0 Å². The number of carbonyl (C=O) groups is 2. The van der Waals surface area contributed by atoms with Crippen molar-refractivity contribution in [1.82, 2.24) is 15.6 Å². The molecule has 7 nitrogen and oxygen atoms in total. The molecular weight excluding hydrogens is 270 g/mol. The lowest BCUT2D eigenvalue weighted by Crippen LogP contribution is -2.34. The first-order valence-corrected chi connectivity index (χ1v) is 6.76. The maximum atomic E-state index is 12.1. The minimum atomic E-state index is -0.232. The van der Waals surface area contributed by atoms with Crippen LogP contribution < -0.4 is 21.9 Å². The zero-order chi connectivity index (χ0) is 16.0. The van der Waals surface area contributed by atoms with E-state index in [1.54, 1.807) is 12.1 Å². The summed E-state index contributed by atoms with van der Waals surface area (Å²) in [6.07, 6.45) is 0. The van der Waals surface area contributed by atoms with Crippen LogP contribution in [0.3, 0.4) is 0 Å². The average molecular weight is 293 g/mol. The van der Waals surface area contributed by atoms with Gasteiger partial charge in [-0.1, -0.05) is 20.8 Å². The van der Waals surface area contributed by atoms with Crippen molar-refractivity contribution in [3.05, 3.63) is 23.4 Å². The van der Waals surface area contributed by atoms with E-state index >= 15 is 0 Å². The van der Waals surface area contributed by atoms with Crippen LogP contribution in [0.2, 0.25) is 0 Å². The van der Waals surface area contributed by atoms with E-state index in [9.17, 15) is 9.59 Å². The zero-order valence-corrected chi connectivity index (χ0v) is 12.9. The van der Waals surface area contributed by atoms with Gasteiger partial charge in [-0.15, -0.1) is 0 Å². The molecule has 2 amide bonds. The van der Waals surface area contributed by atoms with Gasteiger partial charge in [0.1, 0.15) is 5.82 Å². The molecule has 116 valence electrons. The van der Waals surface area contributed by atoms with Gasteiger partial charge in [0.05, 0.1) is 0 Å². The molecule has 0 saturated heterocycles. The van der Waals surface area contributed by atoms with Crippen LogP contribution in [0.5, 0.6) is 0 Å². The van der Waals surface area contributed by atoms with E-state index in [4.69, 9.17) is 5.84 Å². The summed E-state index contributed by atoms with van der Waals surface area (Å²) in [6.45, 7) is 8.20. The van der Waals surface area contributed by atoms with Gasteiger partial charge in [-0.3, -0.25) is 9.59 Å². The molecule has 0 aliphatic heterocycles. The normalized spacial score (nSPS) is 10.9. The second-order valence-electron chi connectivity index (χ2n) is 5.76. The first-order chi connectivity index (χ1) is 9.74. The summed E-state index contributed by atoms with van der Waals surface area (Å²) >= 11 is 0. The molecule has 0 aromatic carbocycles. The lowest BCUT2D eigenvalue weighted by molar-refractivity contribution is -0.118. The Morgan fingerprint density at radius 2 is 1.81 bits per heavy atom. The number of nitrogen functional groups attached to an aromatic ring is 1. The second-order valence-corrected chi connectivity index (χ2v) is 5.76. The fourth-order valence-electron chi connectivity index (χ4n) is 1.64. The molecule has 5 N–H and O–H groups in total. The maximum Gasteiger partial charge on any atom is 0.251 e. The summed E-state index contributed by atoms with van der Waals surface area (Å²) < 4.78 is 0. The molecule has 0 aliphatic carbocycles. The van der Waals surface area contributed by atoms with Gasteiger partial charge in [0.15, 0.2) is 0 Å². The number of carbonyl (C=O) groups excluding carboxylic acids is 2. The lowest BCUT2D eigenvalue weighted by atomic mass is 9.90. The standard InChI is InChI=1S/C14H23N5O2/c1-9(20)16-5-6-17-13(21)10-7-11(14(2,3)4)18-12(8-10)19-15/h7-8H,5-6,15H2,1-4H3,(H,16,20)(H,17,21)(H,18,19). The Bertz CT molecular complexity index is 523. The van der Waals surface area contributed by atoms with E-state index < -0.39 is 0 Å². The number of hydrogen-bond donors (Lipinski definition) is 4. The van der Waals surface area contributed by atoms with Crippen LogP contribution >= 0.6 is 0 Å². The molecule has 0 radical (unpaired) electrons. The van der Waals surface area contributed by atoms with Crippen molar-refractivity contribution >= 4 is 17.6 Å². The smallest absolute Gasteiger partial charge is 0.251 e. The minimum Gasteiger partial charge on any atom is -0.355 e. The van der Waals surface area contributed by atoms with Crippen molar-refractivity contribution in [2.75, 3.05) is 18.5 Å². The third-order valence-electron chi connectivity index (χ3n) is 2.79. The maximum absolute atomic E-state index is 12.1. The summed E-state index contributed by atoms with van der Waals surface area (Å²) in [5.41, 5.74) is 3.52. The van der Waals surface area contributed by atoms with Crippen molar-refractivity contribution in [3.63, 3.8) is 0 Å². The number of rotatable bonds is 5. The van der Waals surface area contributed by atoms with Crippen LogP contribution in [0.25, 0.3) is 0 Å². The summed E-state index contributed by atoms with van der Waals surface area (Å²) in [7, 11) is 0. The molecule has 21 heavy (non-hydrogen) atoms. The molecule has 1 aromatic rings. The van der Waals surface area contributed by atoms with Gasteiger partial charge in [-0.2, -0.15) is 0 Å². The van der Waals surface area contributed by atoms with Crippen molar-refractivity contribution in [2.45, 2.75) is 33.1 Å². The molecule has 0 unspecified atom stereocenters. The molecule has 0 atom stereocenters. The van der Waals surface area contributed by atoms with Crippen LogP contribution in [-0.2, 0) is 10.2 Å². The van der Waals surface area contributed by atoms with Crippen LogP contribution in [-0.4, -0.2) is 29.9 Å². The topological polar surface area (TPSA) is 109 Å². The van der Waals surface area contributed by atoms with Crippen LogP contribution in [0.15, 0.2) is 12.1 Å². The number of hydrogen-bond acceptors (Lipinski definition) is 5. The van der Waals surface area contributed by atoms with Gasteiger partial charge in [0, 0.05) is 36.7 Å². The monoisotopic (exact) mass is 293 g/mol. The quantitative estimate of drug-likeness (QED) is 0.360. The first kappa shape index (κ1) is 16.9. The highest BCUT2D eigenvalue weighted by Gasteiger charge is 2.19. The Hall–Kier alpha value is -2.15. The number of amides is 2. The van der Waals surface area contributed by atoms with Crippen molar-refractivity contribution in [1.29, 1.82) is 0 Å².